The smallest absolute Gasteiger partial charge is 0.204 e. The zero-order valence-corrected chi connectivity index (χ0v) is 11.3. The molecule has 0 radical (unpaired) electrons. The van der Waals surface area contributed by atoms with Crippen molar-refractivity contribution < 1.29 is 18.3 Å². The van der Waals surface area contributed by atoms with Gasteiger partial charge in [-0.2, -0.15) is 8.78 Å². The lowest BCUT2D eigenvalue weighted by atomic mass is 9.85. The molecule has 2 aliphatic carbocycles. The molecule has 0 aliphatic heterocycles. The predicted octanol–water partition coefficient (Wildman–Crippen LogP) is 4.24. The molecule has 0 spiro atoms. The minimum absolute atomic E-state index is 0.0256. The van der Waals surface area contributed by atoms with Crippen molar-refractivity contribution >= 4 is 0 Å². The number of benzene rings is 1. The topological polar surface area (TPSA) is 18.5 Å². The molecule has 0 heterocycles. The van der Waals surface area contributed by atoms with E-state index in [1.165, 1.54) is 31.4 Å². The summed E-state index contributed by atoms with van der Waals surface area (Å²) in [5.41, 5.74) is 0. The molecule has 2 saturated carbocycles. The minimum atomic E-state index is -0.972. The lowest BCUT2D eigenvalue weighted by Gasteiger charge is -2.21. The van der Waals surface area contributed by atoms with Crippen LogP contribution in [0.5, 0.6) is 11.5 Å². The first-order chi connectivity index (χ1) is 9.74. The van der Waals surface area contributed by atoms with Gasteiger partial charge in [0.15, 0.2) is 11.5 Å². The molecular weight excluding hydrogens is 262 g/mol. The van der Waals surface area contributed by atoms with E-state index < -0.39 is 11.6 Å². The third-order valence-corrected chi connectivity index (χ3v) is 3.72. The van der Waals surface area contributed by atoms with Crippen molar-refractivity contribution in [3.63, 3.8) is 0 Å². The van der Waals surface area contributed by atoms with Gasteiger partial charge in [-0.15, -0.1) is 0 Å². The van der Waals surface area contributed by atoms with Gasteiger partial charge < -0.3 is 9.47 Å². The molecule has 0 amide bonds. The van der Waals surface area contributed by atoms with E-state index in [-0.39, 0.29) is 24.2 Å². The van der Waals surface area contributed by atoms with E-state index in [4.69, 9.17) is 9.47 Å². The molecule has 2 aliphatic rings. The van der Waals surface area contributed by atoms with Crippen LogP contribution in [0.4, 0.5) is 8.78 Å². The molecule has 1 aromatic carbocycles. The Morgan fingerprint density at radius 3 is 2.40 bits per heavy atom. The highest BCUT2D eigenvalue weighted by Crippen LogP contribution is 2.32. The number of allylic oxidation sites excluding steroid dienone is 1. The fraction of sp³-hybridized carbons (Fsp3) is 0.500. The average Bonchev–Trinajstić information content (AvgIpc) is 3.19. The molecule has 0 atom stereocenters. The molecule has 1 aromatic rings. The molecule has 0 saturated heterocycles. The number of halogens is 2. The standard InChI is InChI=1S/C16H18F2O2/c17-15-13(19-10-2-5-11-3-1-4-11)8-9-14(16(15)18)20-12-6-7-12/h2,5,8-9,11-12H,1,3-4,6-7,10H2/b5-2+. The molecular formula is C16H18F2O2. The number of ether oxygens (including phenoxy) is 2. The fourth-order valence-electron chi connectivity index (χ4n) is 2.10. The van der Waals surface area contributed by atoms with E-state index in [1.54, 1.807) is 0 Å². The van der Waals surface area contributed by atoms with Gasteiger partial charge in [-0.05, 0) is 43.7 Å². The third kappa shape index (κ3) is 3.11. The molecule has 4 heteroatoms. The zero-order valence-electron chi connectivity index (χ0n) is 11.3. The second-order valence-electron chi connectivity index (χ2n) is 5.44. The first-order valence-electron chi connectivity index (χ1n) is 7.18. The van der Waals surface area contributed by atoms with Crippen molar-refractivity contribution in [3.05, 3.63) is 35.9 Å². The SMILES string of the molecule is Fc1c(OC/C=C/C2CCC2)ccc(OC2CC2)c1F. The van der Waals surface area contributed by atoms with Gasteiger partial charge in [0.2, 0.25) is 11.6 Å². The minimum Gasteiger partial charge on any atom is -0.487 e. The molecule has 0 bridgehead atoms. The van der Waals surface area contributed by atoms with Gasteiger partial charge in [0.1, 0.15) is 6.61 Å². The molecule has 20 heavy (non-hydrogen) atoms. The van der Waals surface area contributed by atoms with Gasteiger partial charge in [-0.1, -0.05) is 18.6 Å². The van der Waals surface area contributed by atoms with E-state index in [0.29, 0.717) is 5.92 Å². The molecule has 0 unspecified atom stereocenters. The van der Waals surface area contributed by atoms with Crippen LogP contribution >= 0.6 is 0 Å². The van der Waals surface area contributed by atoms with Crippen molar-refractivity contribution in [1.82, 2.24) is 0 Å². The Morgan fingerprint density at radius 1 is 1.05 bits per heavy atom. The fourth-order valence-corrected chi connectivity index (χ4v) is 2.10. The maximum Gasteiger partial charge on any atom is 0.204 e. The molecule has 0 N–H and O–H groups in total. The van der Waals surface area contributed by atoms with Crippen LogP contribution in [0.2, 0.25) is 0 Å². The summed E-state index contributed by atoms with van der Waals surface area (Å²) >= 11 is 0. The van der Waals surface area contributed by atoms with Crippen molar-refractivity contribution in [1.29, 1.82) is 0 Å². The second-order valence-corrected chi connectivity index (χ2v) is 5.44. The van der Waals surface area contributed by atoms with Crippen molar-refractivity contribution in [2.75, 3.05) is 6.61 Å². The highest BCUT2D eigenvalue weighted by molar-refractivity contribution is 5.35. The first-order valence-corrected chi connectivity index (χ1v) is 7.18. The summed E-state index contributed by atoms with van der Waals surface area (Å²) in [6.07, 6.45) is 9.52. The highest BCUT2D eigenvalue weighted by Gasteiger charge is 2.26. The van der Waals surface area contributed by atoms with Crippen LogP contribution in [0.15, 0.2) is 24.3 Å². The normalized spacial score (nSPS) is 19.1. The zero-order chi connectivity index (χ0) is 13.9. The van der Waals surface area contributed by atoms with Crippen LogP contribution in [0.3, 0.4) is 0 Å². The number of rotatable bonds is 6. The van der Waals surface area contributed by atoms with Crippen LogP contribution < -0.4 is 9.47 Å². The summed E-state index contributed by atoms with van der Waals surface area (Å²) in [7, 11) is 0. The Bertz CT molecular complexity index is 505. The molecule has 2 fully saturated rings. The molecule has 0 aromatic heterocycles. The summed E-state index contributed by atoms with van der Waals surface area (Å²) in [5.74, 6) is -1.39. The molecule has 3 rings (SSSR count). The van der Waals surface area contributed by atoms with E-state index >= 15 is 0 Å². The Morgan fingerprint density at radius 2 is 1.75 bits per heavy atom. The average molecular weight is 280 g/mol. The summed E-state index contributed by atoms with van der Waals surface area (Å²) in [5, 5.41) is 0. The van der Waals surface area contributed by atoms with E-state index in [2.05, 4.69) is 6.08 Å². The van der Waals surface area contributed by atoms with Crippen LogP contribution in [0.1, 0.15) is 32.1 Å². The quantitative estimate of drug-likeness (QED) is 0.726. The Kier molecular flexibility index (Phi) is 3.90. The van der Waals surface area contributed by atoms with Gasteiger partial charge in [-0.25, -0.2) is 0 Å². The molecule has 108 valence electrons. The maximum atomic E-state index is 13.8. The monoisotopic (exact) mass is 280 g/mol. The van der Waals surface area contributed by atoms with Gasteiger partial charge >= 0.3 is 0 Å². The van der Waals surface area contributed by atoms with Crippen molar-refractivity contribution in [3.8, 4) is 11.5 Å². The summed E-state index contributed by atoms with van der Waals surface area (Å²) in [4.78, 5) is 0. The van der Waals surface area contributed by atoms with Crippen LogP contribution in [0.25, 0.3) is 0 Å². The van der Waals surface area contributed by atoms with Crippen LogP contribution in [-0.2, 0) is 0 Å². The number of hydrogen-bond acceptors (Lipinski definition) is 2. The van der Waals surface area contributed by atoms with Gasteiger partial charge in [0.05, 0.1) is 6.10 Å². The van der Waals surface area contributed by atoms with Crippen molar-refractivity contribution in [2.45, 2.75) is 38.2 Å². The van der Waals surface area contributed by atoms with Crippen molar-refractivity contribution in [2.24, 2.45) is 5.92 Å². The Labute approximate surface area is 117 Å². The summed E-state index contributed by atoms with van der Waals surface area (Å²) < 4.78 is 38.1. The van der Waals surface area contributed by atoms with Gasteiger partial charge in [0.25, 0.3) is 0 Å². The maximum absolute atomic E-state index is 13.8. The molecule has 2 nitrogen and oxygen atoms in total. The van der Waals surface area contributed by atoms with Gasteiger partial charge in [-0.3, -0.25) is 0 Å². The van der Waals surface area contributed by atoms with Gasteiger partial charge in [0, 0.05) is 0 Å². The van der Waals surface area contributed by atoms with Crippen LogP contribution in [0, 0.1) is 17.6 Å². The lowest BCUT2D eigenvalue weighted by Crippen LogP contribution is -2.08. The van der Waals surface area contributed by atoms with E-state index in [1.807, 2.05) is 6.08 Å². The Balaban J connectivity index is 1.57. The number of hydrogen-bond donors (Lipinski definition) is 0. The summed E-state index contributed by atoms with van der Waals surface area (Å²) in [6.45, 7) is 0.260. The largest absolute Gasteiger partial charge is 0.487 e. The second kappa shape index (κ2) is 5.81. The lowest BCUT2D eigenvalue weighted by molar-refractivity contribution is 0.274. The van der Waals surface area contributed by atoms with E-state index in [9.17, 15) is 8.78 Å². The van der Waals surface area contributed by atoms with E-state index in [0.717, 1.165) is 12.8 Å². The Hall–Kier alpha value is -1.58. The van der Waals surface area contributed by atoms with Crippen LogP contribution in [-0.4, -0.2) is 12.7 Å². The highest BCUT2D eigenvalue weighted by atomic mass is 19.2. The predicted molar refractivity (Wildman–Crippen MR) is 72.0 cm³/mol. The first kappa shape index (κ1) is 13.4. The summed E-state index contributed by atoms with van der Waals surface area (Å²) in [6, 6.07) is 2.86. The third-order valence-electron chi connectivity index (χ3n) is 3.72.